The van der Waals surface area contributed by atoms with E-state index in [1.54, 1.807) is 0 Å². The fourth-order valence-corrected chi connectivity index (χ4v) is 0.305. The van der Waals surface area contributed by atoms with Crippen molar-refractivity contribution in [2.75, 3.05) is 0 Å². The Morgan fingerprint density at radius 2 is 1.71 bits per heavy atom. The van der Waals surface area contributed by atoms with E-state index in [9.17, 15) is 0 Å². The van der Waals surface area contributed by atoms with Gasteiger partial charge in [-0.15, -0.1) is 0 Å². The van der Waals surface area contributed by atoms with Crippen LogP contribution < -0.4 is 0 Å². The summed E-state index contributed by atoms with van der Waals surface area (Å²) in [6, 6.07) is 0. The van der Waals surface area contributed by atoms with E-state index in [2.05, 4.69) is 0 Å². The van der Waals surface area contributed by atoms with Gasteiger partial charge in [-0.05, 0) is 6.92 Å². The van der Waals surface area contributed by atoms with Gasteiger partial charge in [0.15, 0.2) is 6.29 Å². The maximum absolute atomic E-state index is 8.40. The highest BCUT2D eigenvalue weighted by Crippen LogP contribution is 1.91. The van der Waals surface area contributed by atoms with Crippen LogP contribution in [0.4, 0.5) is 0 Å². The van der Waals surface area contributed by atoms with Crippen LogP contribution in [0.15, 0.2) is 0 Å². The van der Waals surface area contributed by atoms with Crippen LogP contribution in [-0.4, -0.2) is 27.7 Å². The Morgan fingerprint density at radius 3 is 1.71 bits per heavy atom. The van der Waals surface area contributed by atoms with E-state index in [-0.39, 0.29) is 6.42 Å². The van der Waals surface area contributed by atoms with Crippen LogP contribution in [0.1, 0.15) is 13.3 Å². The lowest BCUT2D eigenvalue weighted by atomic mass is 10.3. The fraction of sp³-hybridized carbons (Fsp3) is 1.00. The predicted molar refractivity (Wildman–Crippen MR) is 24.5 cm³/mol. The second-order valence-electron chi connectivity index (χ2n) is 1.57. The summed E-state index contributed by atoms with van der Waals surface area (Å²) in [6.45, 7) is 1.50. The average molecular weight is 106 g/mol. The zero-order chi connectivity index (χ0) is 5.86. The molecule has 3 N–H and O–H groups in total. The molecule has 44 valence electrons. The SMILES string of the molecule is C[C@@H](O)CC(O)O. The summed E-state index contributed by atoms with van der Waals surface area (Å²) in [5, 5.41) is 24.6. The first kappa shape index (κ1) is 6.88. The lowest BCUT2D eigenvalue weighted by Gasteiger charge is -2.03. The van der Waals surface area contributed by atoms with Crippen molar-refractivity contribution in [3.05, 3.63) is 0 Å². The molecule has 0 aromatic rings. The average Bonchev–Trinajstić information content (AvgIpc) is 1.27. The second kappa shape index (κ2) is 2.96. The van der Waals surface area contributed by atoms with Crippen molar-refractivity contribution in [3.63, 3.8) is 0 Å². The summed E-state index contributed by atoms with van der Waals surface area (Å²) in [5.41, 5.74) is 0. The molecule has 0 heterocycles. The van der Waals surface area contributed by atoms with Crippen molar-refractivity contribution in [2.24, 2.45) is 0 Å². The van der Waals surface area contributed by atoms with E-state index in [1.807, 2.05) is 0 Å². The van der Waals surface area contributed by atoms with Crippen LogP contribution in [0.25, 0.3) is 0 Å². The third kappa shape index (κ3) is 5.88. The Labute approximate surface area is 42.2 Å². The van der Waals surface area contributed by atoms with E-state index in [1.165, 1.54) is 6.92 Å². The van der Waals surface area contributed by atoms with Gasteiger partial charge in [0.1, 0.15) is 0 Å². The molecule has 0 aromatic heterocycles. The summed E-state index contributed by atoms with van der Waals surface area (Å²) in [6.07, 6.45) is -1.97. The molecule has 0 aliphatic rings. The Morgan fingerprint density at radius 1 is 1.29 bits per heavy atom. The van der Waals surface area contributed by atoms with Crippen LogP contribution in [0.3, 0.4) is 0 Å². The minimum absolute atomic E-state index is 0.0278. The first-order valence-corrected chi connectivity index (χ1v) is 2.17. The number of rotatable bonds is 2. The summed E-state index contributed by atoms with van der Waals surface area (Å²) >= 11 is 0. The molecule has 7 heavy (non-hydrogen) atoms. The normalized spacial score (nSPS) is 15.0. The van der Waals surface area contributed by atoms with Gasteiger partial charge >= 0.3 is 0 Å². The van der Waals surface area contributed by atoms with E-state index in [0.29, 0.717) is 0 Å². The van der Waals surface area contributed by atoms with E-state index >= 15 is 0 Å². The van der Waals surface area contributed by atoms with E-state index in [0.717, 1.165) is 0 Å². The molecule has 0 rings (SSSR count). The molecule has 0 aromatic carbocycles. The third-order valence-electron chi connectivity index (χ3n) is 0.552. The Hall–Kier alpha value is -0.120. The Balaban J connectivity index is 2.95. The van der Waals surface area contributed by atoms with Crippen molar-refractivity contribution in [3.8, 4) is 0 Å². The van der Waals surface area contributed by atoms with Crippen molar-refractivity contribution in [1.29, 1.82) is 0 Å². The van der Waals surface area contributed by atoms with Gasteiger partial charge in [0.05, 0.1) is 6.10 Å². The summed E-state index contributed by atoms with van der Waals surface area (Å²) in [4.78, 5) is 0. The maximum atomic E-state index is 8.40. The number of aliphatic hydroxyl groups is 3. The fourth-order valence-electron chi connectivity index (χ4n) is 0.305. The van der Waals surface area contributed by atoms with E-state index < -0.39 is 12.4 Å². The monoisotopic (exact) mass is 106 g/mol. The topological polar surface area (TPSA) is 60.7 Å². The van der Waals surface area contributed by atoms with Crippen molar-refractivity contribution < 1.29 is 15.3 Å². The Bertz CT molecular complexity index is 36.2. The summed E-state index contributed by atoms with van der Waals surface area (Å²) in [7, 11) is 0. The molecule has 0 saturated heterocycles. The molecule has 0 fully saturated rings. The molecule has 0 radical (unpaired) electrons. The zero-order valence-corrected chi connectivity index (χ0v) is 4.20. The molecule has 0 bridgehead atoms. The summed E-state index contributed by atoms with van der Waals surface area (Å²) in [5.74, 6) is 0. The van der Waals surface area contributed by atoms with E-state index in [4.69, 9.17) is 15.3 Å². The first-order valence-electron chi connectivity index (χ1n) is 2.17. The van der Waals surface area contributed by atoms with Crippen molar-refractivity contribution in [2.45, 2.75) is 25.7 Å². The highest BCUT2D eigenvalue weighted by molar-refractivity contribution is 4.45. The van der Waals surface area contributed by atoms with Gasteiger partial charge in [0.25, 0.3) is 0 Å². The number of hydrogen-bond donors (Lipinski definition) is 3. The quantitative estimate of drug-likeness (QED) is 0.398. The number of hydrogen-bond acceptors (Lipinski definition) is 3. The Kier molecular flexibility index (Phi) is 2.91. The molecule has 0 aliphatic heterocycles. The van der Waals surface area contributed by atoms with Gasteiger partial charge in [-0.1, -0.05) is 0 Å². The van der Waals surface area contributed by atoms with Crippen molar-refractivity contribution >= 4 is 0 Å². The van der Waals surface area contributed by atoms with Gasteiger partial charge in [0.2, 0.25) is 0 Å². The van der Waals surface area contributed by atoms with Crippen LogP contribution in [-0.2, 0) is 0 Å². The molecule has 3 heteroatoms. The third-order valence-corrected chi connectivity index (χ3v) is 0.552. The molecule has 0 spiro atoms. The maximum Gasteiger partial charge on any atom is 0.153 e. The highest BCUT2D eigenvalue weighted by atomic mass is 16.5. The molecular formula is C4H10O3. The smallest absolute Gasteiger partial charge is 0.153 e. The van der Waals surface area contributed by atoms with Gasteiger partial charge in [-0.2, -0.15) is 0 Å². The first-order chi connectivity index (χ1) is 3.13. The van der Waals surface area contributed by atoms with Crippen LogP contribution in [0.5, 0.6) is 0 Å². The van der Waals surface area contributed by atoms with Crippen LogP contribution in [0.2, 0.25) is 0 Å². The molecule has 0 aliphatic carbocycles. The minimum atomic E-state index is -1.38. The predicted octanol–water partition coefficient (Wildman–Crippen LogP) is -0.932. The summed E-state index contributed by atoms with van der Waals surface area (Å²) < 4.78 is 0. The molecule has 1 atom stereocenters. The van der Waals surface area contributed by atoms with Crippen LogP contribution in [0, 0.1) is 0 Å². The minimum Gasteiger partial charge on any atom is -0.393 e. The standard InChI is InChI=1S/C4H10O3/c1-3(5)2-4(6)7/h3-7H,2H2,1H3/t3-/m1/s1. The lowest BCUT2D eigenvalue weighted by molar-refractivity contribution is -0.0667. The molecule has 3 nitrogen and oxygen atoms in total. The molecule has 0 amide bonds. The second-order valence-corrected chi connectivity index (χ2v) is 1.57. The molecular weight excluding hydrogens is 96.0 g/mol. The largest absolute Gasteiger partial charge is 0.393 e. The molecule has 0 saturated carbocycles. The lowest BCUT2D eigenvalue weighted by Crippen LogP contribution is -2.12. The van der Waals surface area contributed by atoms with Gasteiger partial charge in [-0.25, -0.2) is 0 Å². The highest BCUT2D eigenvalue weighted by Gasteiger charge is 2.00. The zero-order valence-electron chi connectivity index (χ0n) is 4.20. The molecule has 0 unspecified atom stereocenters. The van der Waals surface area contributed by atoms with Gasteiger partial charge in [-0.3, -0.25) is 0 Å². The van der Waals surface area contributed by atoms with Gasteiger partial charge in [0, 0.05) is 6.42 Å². The number of aliphatic hydroxyl groups excluding tert-OH is 2. The van der Waals surface area contributed by atoms with Gasteiger partial charge < -0.3 is 15.3 Å². The van der Waals surface area contributed by atoms with Crippen molar-refractivity contribution in [1.82, 2.24) is 0 Å². The van der Waals surface area contributed by atoms with Crippen LogP contribution >= 0.6 is 0 Å².